The average molecular weight is 362 g/mol. The second-order valence-electron chi connectivity index (χ2n) is 4.76. The summed E-state index contributed by atoms with van der Waals surface area (Å²) < 4.78 is 0. The molecule has 0 aliphatic heterocycles. The summed E-state index contributed by atoms with van der Waals surface area (Å²) in [5.41, 5.74) is 5.60. The summed E-state index contributed by atoms with van der Waals surface area (Å²) in [5.74, 6) is 0. The summed E-state index contributed by atoms with van der Waals surface area (Å²) in [6, 6.07) is 18.9. The molecule has 2 aromatic carbocycles. The molecule has 0 saturated carbocycles. The maximum Gasteiger partial charge on any atom is 2.00 e. The van der Waals surface area contributed by atoms with Crippen molar-refractivity contribution in [2.24, 2.45) is 0 Å². The van der Waals surface area contributed by atoms with E-state index in [4.69, 9.17) is 0 Å². The van der Waals surface area contributed by atoms with Crippen molar-refractivity contribution in [3.05, 3.63) is 70.8 Å². The van der Waals surface area contributed by atoms with Crippen LogP contribution >= 0.6 is 0 Å². The largest absolute Gasteiger partial charge is 2.00 e. The molecule has 112 valence electrons. The van der Waals surface area contributed by atoms with Crippen LogP contribution in [0, 0.1) is 12.1 Å². The molecule has 0 radical (unpaired) electrons. The van der Waals surface area contributed by atoms with Crippen molar-refractivity contribution < 1.29 is 21.1 Å². The van der Waals surface area contributed by atoms with Gasteiger partial charge in [-0.2, -0.15) is 70.8 Å². The van der Waals surface area contributed by atoms with Crippen LogP contribution in [0.2, 0.25) is 0 Å². The van der Waals surface area contributed by atoms with Crippen molar-refractivity contribution in [2.75, 3.05) is 0 Å². The van der Waals surface area contributed by atoms with Gasteiger partial charge in [0.2, 0.25) is 0 Å². The van der Waals surface area contributed by atoms with Gasteiger partial charge in [0.05, 0.1) is 0 Å². The molecule has 0 aliphatic carbocycles. The van der Waals surface area contributed by atoms with Gasteiger partial charge in [-0.1, -0.05) is 53.4 Å². The van der Waals surface area contributed by atoms with Gasteiger partial charge in [0.15, 0.2) is 0 Å². The van der Waals surface area contributed by atoms with E-state index in [-0.39, 0.29) is 21.1 Å². The Kier molecular flexibility index (Phi) is 11.3. The number of rotatable bonds is 4. The van der Waals surface area contributed by atoms with E-state index in [0.717, 1.165) is 25.7 Å². The van der Waals surface area contributed by atoms with Crippen molar-refractivity contribution in [2.45, 2.75) is 53.4 Å². The van der Waals surface area contributed by atoms with Gasteiger partial charge in [0.25, 0.3) is 0 Å². The van der Waals surface area contributed by atoms with Crippen LogP contribution in [0.15, 0.2) is 36.4 Å². The van der Waals surface area contributed by atoms with E-state index >= 15 is 0 Å². The molecule has 2 rings (SSSR count). The van der Waals surface area contributed by atoms with Gasteiger partial charge in [-0.05, 0) is 0 Å². The van der Waals surface area contributed by atoms with Gasteiger partial charge in [0, 0.05) is 0 Å². The first-order valence-corrected chi connectivity index (χ1v) is 7.73. The Labute approximate surface area is 145 Å². The van der Waals surface area contributed by atoms with Crippen LogP contribution < -0.4 is 0 Å². The quantitative estimate of drug-likeness (QED) is 0.517. The first-order valence-electron chi connectivity index (χ1n) is 7.73. The summed E-state index contributed by atoms with van der Waals surface area (Å²) in [6.45, 7) is 8.71. The molecule has 0 fully saturated rings. The molecule has 0 spiro atoms. The zero-order valence-electron chi connectivity index (χ0n) is 13.7. The smallest absolute Gasteiger partial charge is 0.180 e. The second kappa shape index (κ2) is 11.8. The zero-order chi connectivity index (χ0) is 14.8. The van der Waals surface area contributed by atoms with Crippen LogP contribution in [0.1, 0.15) is 49.9 Å². The van der Waals surface area contributed by atoms with Crippen molar-refractivity contribution in [1.82, 2.24) is 0 Å². The maximum atomic E-state index is 3.24. The normalized spacial score (nSPS) is 9.33. The molecule has 0 heterocycles. The molecule has 0 N–H and O–H groups in total. The zero-order valence-corrected chi connectivity index (χ0v) is 15.7. The monoisotopic (exact) mass is 364 g/mol. The molecular weight excluding hydrogens is 336 g/mol. The van der Waals surface area contributed by atoms with E-state index in [0.29, 0.717) is 0 Å². The molecule has 0 amide bonds. The third kappa shape index (κ3) is 6.61. The van der Waals surface area contributed by atoms with Gasteiger partial charge in [-0.3, -0.25) is 0 Å². The Balaban J connectivity index is 0.000000364. The Bertz CT molecular complexity index is 409. The van der Waals surface area contributed by atoms with Crippen LogP contribution in [0.5, 0.6) is 0 Å². The Morgan fingerprint density at radius 1 is 0.667 bits per heavy atom. The maximum absolute atomic E-state index is 3.24. The number of hydrogen-bond donors (Lipinski definition) is 0. The molecule has 0 atom stereocenters. The van der Waals surface area contributed by atoms with E-state index in [2.05, 4.69) is 64.1 Å². The van der Waals surface area contributed by atoms with Gasteiger partial charge in [-0.15, -0.1) is 0 Å². The van der Waals surface area contributed by atoms with E-state index in [1.165, 1.54) is 22.3 Å². The molecule has 2 aromatic rings. The molecule has 21 heavy (non-hydrogen) atoms. The minimum absolute atomic E-state index is 0. The summed E-state index contributed by atoms with van der Waals surface area (Å²) in [4.78, 5) is 0. The summed E-state index contributed by atoms with van der Waals surface area (Å²) in [5, 5.41) is 0. The van der Waals surface area contributed by atoms with Crippen LogP contribution in [-0.2, 0) is 46.7 Å². The predicted molar refractivity (Wildman–Crippen MR) is 88.1 cm³/mol. The average Bonchev–Trinajstić information content (AvgIpc) is 2.55. The Morgan fingerprint density at radius 3 is 1.29 bits per heavy atom. The van der Waals surface area contributed by atoms with E-state index < -0.39 is 0 Å². The Hall–Kier alpha value is -0.872. The number of benzene rings is 2. The molecule has 0 aromatic heterocycles. The molecule has 0 saturated heterocycles. The molecule has 1 heteroatoms. The third-order valence-electron chi connectivity index (χ3n) is 3.55. The van der Waals surface area contributed by atoms with Crippen molar-refractivity contribution in [1.29, 1.82) is 0 Å². The third-order valence-corrected chi connectivity index (χ3v) is 3.55. The standard InChI is InChI=1S/2C10H13.Mo/c2*1-3-9-7-5-6-8-10(9)4-2;/h2*5-7H,3-4H2,1-2H3;/q2*-1;+2. The minimum atomic E-state index is 0. The predicted octanol–water partition coefficient (Wildman–Crippen LogP) is 5.22. The molecule has 0 bridgehead atoms. The van der Waals surface area contributed by atoms with Crippen LogP contribution in [0.25, 0.3) is 0 Å². The van der Waals surface area contributed by atoms with E-state index in [9.17, 15) is 0 Å². The van der Waals surface area contributed by atoms with Gasteiger partial charge >= 0.3 is 21.1 Å². The van der Waals surface area contributed by atoms with E-state index in [1.807, 2.05) is 12.1 Å². The topological polar surface area (TPSA) is 0 Å². The molecule has 0 aliphatic rings. The molecule has 0 nitrogen and oxygen atoms in total. The fraction of sp³-hybridized carbons (Fsp3) is 0.400. The number of aryl methyl sites for hydroxylation is 4. The van der Waals surface area contributed by atoms with Gasteiger partial charge in [-0.25, -0.2) is 0 Å². The SMILES string of the molecule is CCc1[c-]cccc1CC.CCc1[c-]cccc1CC.[Mo+2]. The van der Waals surface area contributed by atoms with Crippen molar-refractivity contribution in [3.63, 3.8) is 0 Å². The number of hydrogen-bond acceptors (Lipinski definition) is 0. The van der Waals surface area contributed by atoms with Crippen molar-refractivity contribution in [3.8, 4) is 0 Å². The van der Waals surface area contributed by atoms with Crippen LogP contribution in [0.3, 0.4) is 0 Å². The second-order valence-corrected chi connectivity index (χ2v) is 4.76. The fourth-order valence-electron chi connectivity index (χ4n) is 2.33. The Morgan fingerprint density at radius 2 is 1.05 bits per heavy atom. The van der Waals surface area contributed by atoms with Crippen molar-refractivity contribution >= 4 is 0 Å². The van der Waals surface area contributed by atoms with Crippen LogP contribution in [0.4, 0.5) is 0 Å². The van der Waals surface area contributed by atoms with Gasteiger partial charge < -0.3 is 0 Å². The van der Waals surface area contributed by atoms with Gasteiger partial charge in [0.1, 0.15) is 0 Å². The molecule has 0 unspecified atom stereocenters. The van der Waals surface area contributed by atoms with Crippen LogP contribution in [-0.4, -0.2) is 0 Å². The minimum Gasteiger partial charge on any atom is -0.180 e. The first-order chi connectivity index (χ1) is 9.76. The fourth-order valence-corrected chi connectivity index (χ4v) is 2.33. The van der Waals surface area contributed by atoms with E-state index in [1.54, 1.807) is 0 Å². The summed E-state index contributed by atoms with van der Waals surface area (Å²) in [7, 11) is 0. The summed E-state index contributed by atoms with van der Waals surface area (Å²) >= 11 is 0. The summed E-state index contributed by atoms with van der Waals surface area (Å²) in [6.07, 6.45) is 4.45. The first kappa shape index (κ1) is 20.1. The molecular formula is C20H26Mo.